The van der Waals surface area contributed by atoms with E-state index >= 15 is 0 Å². The molecule has 0 aliphatic heterocycles. The minimum Gasteiger partial charge on any atom is -0.321 e. The SMILES string of the molecule is Cc1ccc(Cl)c(NC(=O)c2ccc([N+](=O)[O-])cc2C)c1. The summed E-state index contributed by atoms with van der Waals surface area (Å²) in [7, 11) is 0. The van der Waals surface area contributed by atoms with E-state index in [2.05, 4.69) is 5.32 Å². The van der Waals surface area contributed by atoms with Gasteiger partial charge in [-0.15, -0.1) is 0 Å². The van der Waals surface area contributed by atoms with Crippen molar-refractivity contribution in [3.05, 3.63) is 68.2 Å². The first-order valence-corrected chi connectivity index (χ1v) is 6.59. The molecule has 5 nitrogen and oxygen atoms in total. The smallest absolute Gasteiger partial charge is 0.269 e. The second-order valence-corrected chi connectivity index (χ2v) is 5.10. The fourth-order valence-corrected chi connectivity index (χ4v) is 2.11. The minimum atomic E-state index is -0.494. The summed E-state index contributed by atoms with van der Waals surface area (Å²) in [5.41, 5.74) is 2.34. The predicted octanol–water partition coefficient (Wildman–Crippen LogP) is 4.12. The molecule has 0 bridgehead atoms. The molecule has 0 aliphatic carbocycles. The van der Waals surface area contributed by atoms with Crippen LogP contribution < -0.4 is 5.32 Å². The molecule has 1 N–H and O–H groups in total. The summed E-state index contributed by atoms with van der Waals surface area (Å²) >= 11 is 6.03. The lowest BCUT2D eigenvalue weighted by atomic mass is 10.1. The van der Waals surface area contributed by atoms with Crippen LogP contribution in [0.25, 0.3) is 0 Å². The van der Waals surface area contributed by atoms with Crippen LogP contribution in [-0.2, 0) is 0 Å². The highest BCUT2D eigenvalue weighted by atomic mass is 35.5. The van der Waals surface area contributed by atoms with Crippen LogP contribution in [0.3, 0.4) is 0 Å². The topological polar surface area (TPSA) is 72.2 Å². The number of aryl methyl sites for hydroxylation is 2. The molecule has 0 spiro atoms. The van der Waals surface area contributed by atoms with Gasteiger partial charge in [0.2, 0.25) is 0 Å². The lowest BCUT2D eigenvalue weighted by Crippen LogP contribution is -2.14. The van der Waals surface area contributed by atoms with Gasteiger partial charge in [-0.25, -0.2) is 0 Å². The molecule has 0 saturated heterocycles. The number of nitrogens with one attached hydrogen (secondary N) is 1. The zero-order chi connectivity index (χ0) is 15.6. The van der Waals surface area contributed by atoms with Crippen molar-refractivity contribution in [3.63, 3.8) is 0 Å². The number of amides is 1. The van der Waals surface area contributed by atoms with Crippen LogP contribution in [0.2, 0.25) is 5.02 Å². The molecular formula is C15H13ClN2O3. The molecule has 0 unspecified atom stereocenters. The Morgan fingerprint density at radius 1 is 1.19 bits per heavy atom. The van der Waals surface area contributed by atoms with E-state index < -0.39 is 4.92 Å². The molecule has 0 aliphatic rings. The molecular weight excluding hydrogens is 292 g/mol. The maximum Gasteiger partial charge on any atom is 0.269 e. The van der Waals surface area contributed by atoms with Crippen molar-refractivity contribution in [2.45, 2.75) is 13.8 Å². The number of nitrogens with zero attached hydrogens (tertiary/aromatic N) is 1. The molecule has 0 fully saturated rings. The molecule has 0 saturated carbocycles. The molecule has 6 heteroatoms. The molecule has 2 aromatic carbocycles. The molecule has 0 heterocycles. The molecule has 108 valence electrons. The Balaban J connectivity index is 2.28. The number of halogens is 1. The Bertz CT molecular complexity index is 729. The Morgan fingerprint density at radius 2 is 1.90 bits per heavy atom. The third-order valence-electron chi connectivity index (χ3n) is 3.04. The van der Waals surface area contributed by atoms with Crippen LogP contribution in [0.15, 0.2) is 36.4 Å². The third kappa shape index (κ3) is 3.38. The number of nitro groups is 1. The van der Waals surface area contributed by atoms with Crippen molar-refractivity contribution in [1.29, 1.82) is 0 Å². The van der Waals surface area contributed by atoms with Gasteiger partial charge in [0.05, 0.1) is 15.6 Å². The average Bonchev–Trinajstić information content (AvgIpc) is 2.42. The van der Waals surface area contributed by atoms with Crippen molar-refractivity contribution >= 4 is 28.9 Å². The van der Waals surface area contributed by atoms with Gasteiger partial charge in [-0.3, -0.25) is 14.9 Å². The first-order chi connectivity index (χ1) is 9.88. The van der Waals surface area contributed by atoms with E-state index in [1.165, 1.54) is 18.2 Å². The second-order valence-electron chi connectivity index (χ2n) is 4.69. The van der Waals surface area contributed by atoms with Crippen LogP contribution in [0.5, 0.6) is 0 Å². The Labute approximate surface area is 126 Å². The van der Waals surface area contributed by atoms with Crippen LogP contribution in [-0.4, -0.2) is 10.8 Å². The fraction of sp³-hybridized carbons (Fsp3) is 0.133. The maximum absolute atomic E-state index is 12.2. The van der Waals surface area contributed by atoms with Gasteiger partial charge in [0.15, 0.2) is 0 Å². The lowest BCUT2D eigenvalue weighted by molar-refractivity contribution is -0.384. The van der Waals surface area contributed by atoms with Crippen LogP contribution in [0.1, 0.15) is 21.5 Å². The molecule has 0 atom stereocenters. The van der Waals surface area contributed by atoms with E-state index in [-0.39, 0.29) is 11.6 Å². The highest BCUT2D eigenvalue weighted by Gasteiger charge is 2.14. The van der Waals surface area contributed by atoms with Gasteiger partial charge in [-0.05, 0) is 43.2 Å². The summed E-state index contributed by atoms with van der Waals surface area (Å²) in [6.45, 7) is 3.54. The van der Waals surface area contributed by atoms with Gasteiger partial charge in [0.1, 0.15) is 0 Å². The van der Waals surface area contributed by atoms with Crippen molar-refractivity contribution in [2.24, 2.45) is 0 Å². The number of hydrogen-bond acceptors (Lipinski definition) is 3. The van der Waals surface area contributed by atoms with Crippen molar-refractivity contribution in [2.75, 3.05) is 5.32 Å². The number of carbonyl (C=O) groups is 1. The van der Waals surface area contributed by atoms with E-state index in [1.807, 2.05) is 13.0 Å². The molecule has 21 heavy (non-hydrogen) atoms. The minimum absolute atomic E-state index is 0.0439. The van der Waals surface area contributed by atoms with Crippen molar-refractivity contribution < 1.29 is 9.72 Å². The normalized spacial score (nSPS) is 10.2. The average molecular weight is 305 g/mol. The summed E-state index contributed by atoms with van der Waals surface area (Å²) in [5, 5.41) is 13.8. The van der Waals surface area contributed by atoms with Crippen molar-refractivity contribution in [3.8, 4) is 0 Å². The largest absolute Gasteiger partial charge is 0.321 e. The van der Waals surface area contributed by atoms with Gasteiger partial charge in [-0.1, -0.05) is 17.7 Å². The third-order valence-corrected chi connectivity index (χ3v) is 3.37. The molecule has 0 aromatic heterocycles. The first kappa shape index (κ1) is 15.0. The van der Waals surface area contributed by atoms with E-state index in [0.29, 0.717) is 21.8 Å². The van der Waals surface area contributed by atoms with E-state index in [0.717, 1.165) is 5.56 Å². The van der Waals surface area contributed by atoms with Gasteiger partial charge >= 0.3 is 0 Å². The number of nitro benzene ring substituents is 1. The van der Waals surface area contributed by atoms with Crippen LogP contribution >= 0.6 is 11.6 Å². The second kappa shape index (κ2) is 5.93. The lowest BCUT2D eigenvalue weighted by Gasteiger charge is -2.10. The highest BCUT2D eigenvalue weighted by Crippen LogP contribution is 2.24. The van der Waals surface area contributed by atoms with Crippen LogP contribution in [0.4, 0.5) is 11.4 Å². The summed E-state index contributed by atoms with van der Waals surface area (Å²) in [6, 6.07) is 9.42. The van der Waals surface area contributed by atoms with E-state index in [9.17, 15) is 14.9 Å². The Hall–Kier alpha value is -2.40. The Kier molecular flexibility index (Phi) is 4.23. The predicted molar refractivity (Wildman–Crippen MR) is 82.0 cm³/mol. The zero-order valence-electron chi connectivity index (χ0n) is 11.5. The summed E-state index contributed by atoms with van der Waals surface area (Å²) < 4.78 is 0. The zero-order valence-corrected chi connectivity index (χ0v) is 12.3. The van der Waals surface area contributed by atoms with Crippen LogP contribution in [0, 0.1) is 24.0 Å². The van der Waals surface area contributed by atoms with Gasteiger partial charge in [0, 0.05) is 17.7 Å². The summed E-state index contributed by atoms with van der Waals surface area (Å²) in [4.78, 5) is 22.4. The van der Waals surface area contributed by atoms with E-state index in [1.54, 1.807) is 19.1 Å². The molecule has 1 amide bonds. The first-order valence-electron chi connectivity index (χ1n) is 6.21. The van der Waals surface area contributed by atoms with Gasteiger partial charge in [-0.2, -0.15) is 0 Å². The maximum atomic E-state index is 12.2. The number of non-ortho nitro benzene ring substituents is 1. The standard InChI is InChI=1S/C15H13ClN2O3/c1-9-3-6-13(16)14(7-9)17-15(19)12-5-4-11(18(20)21)8-10(12)2/h3-8H,1-2H3,(H,17,19). The Morgan fingerprint density at radius 3 is 2.52 bits per heavy atom. The summed E-state index contributed by atoms with van der Waals surface area (Å²) in [6.07, 6.45) is 0. The molecule has 2 aromatic rings. The number of hydrogen-bond donors (Lipinski definition) is 1. The fourth-order valence-electron chi connectivity index (χ4n) is 1.94. The highest BCUT2D eigenvalue weighted by molar-refractivity contribution is 6.34. The molecule has 0 radical (unpaired) electrons. The number of carbonyl (C=O) groups excluding carboxylic acids is 1. The number of rotatable bonds is 3. The van der Waals surface area contributed by atoms with Gasteiger partial charge < -0.3 is 5.32 Å². The number of benzene rings is 2. The summed E-state index contributed by atoms with van der Waals surface area (Å²) in [5.74, 6) is -0.352. The van der Waals surface area contributed by atoms with Gasteiger partial charge in [0.25, 0.3) is 11.6 Å². The molecule has 2 rings (SSSR count). The van der Waals surface area contributed by atoms with E-state index in [4.69, 9.17) is 11.6 Å². The number of anilines is 1. The monoisotopic (exact) mass is 304 g/mol. The quantitative estimate of drug-likeness (QED) is 0.685. The van der Waals surface area contributed by atoms with Crippen molar-refractivity contribution in [1.82, 2.24) is 0 Å².